The summed E-state index contributed by atoms with van der Waals surface area (Å²) in [5.41, 5.74) is 1.82. The lowest BCUT2D eigenvalue weighted by Crippen LogP contribution is -2.41. The number of carbonyl (C=O) groups excluding carboxylic acids is 2. The lowest BCUT2D eigenvalue weighted by atomic mass is 9.97. The van der Waals surface area contributed by atoms with Crippen molar-refractivity contribution < 1.29 is 18.7 Å². The number of esters is 1. The highest BCUT2D eigenvalue weighted by Gasteiger charge is 2.35. The number of carbonyl (C=O) groups is 2. The second-order valence-electron chi connectivity index (χ2n) is 5.38. The molecule has 1 aromatic heterocycles. The van der Waals surface area contributed by atoms with Gasteiger partial charge in [-0.1, -0.05) is 0 Å². The van der Waals surface area contributed by atoms with E-state index >= 15 is 0 Å². The van der Waals surface area contributed by atoms with Crippen LogP contribution in [0.5, 0.6) is 0 Å². The molecule has 0 spiro atoms. The molecule has 1 aromatic carbocycles. The number of aromatic nitrogens is 2. The molecule has 2 heterocycles. The molecule has 0 radical (unpaired) electrons. The maximum atomic E-state index is 13.1. The first-order valence-electron chi connectivity index (χ1n) is 7.47. The molecule has 24 heavy (non-hydrogen) atoms. The number of fused-ring (bicyclic) bond motifs is 1. The van der Waals surface area contributed by atoms with Gasteiger partial charge in [-0.3, -0.25) is 14.5 Å². The van der Waals surface area contributed by atoms with E-state index in [0.29, 0.717) is 23.5 Å². The Kier molecular flexibility index (Phi) is 4.53. The van der Waals surface area contributed by atoms with Crippen LogP contribution in [0.25, 0.3) is 5.69 Å². The van der Waals surface area contributed by atoms with E-state index < -0.39 is 17.3 Å². The Morgan fingerprint density at radius 1 is 1.38 bits per heavy atom. The van der Waals surface area contributed by atoms with Crippen LogP contribution in [0, 0.1) is 11.7 Å². The van der Waals surface area contributed by atoms with Crippen LogP contribution in [0.1, 0.15) is 12.6 Å². The second kappa shape index (κ2) is 6.60. The van der Waals surface area contributed by atoms with Crippen molar-refractivity contribution in [1.82, 2.24) is 9.78 Å². The molecule has 8 heteroatoms. The van der Waals surface area contributed by atoms with Gasteiger partial charge in [-0.25, -0.2) is 9.07 Å². The second-order valence-corrected chi connectivity index (χ2v) is 5.70. The number of ether oxygens (including phenoxy) is 1. The van der Waals surface area contributed by atoms with Gasteiger partial charge < -0.3 is 4.74 Å². The summed E-state index contributed by atoms with van der Waals surface area (Å²) in [6, 6.07) is 5.78. The molecule has 0 saturated carbocycles. The summed E-state index contributed by atoms with van der Waals surface area (Å²) < 4.78 is 19.8. The Morgan fingerprint density at radius 2 is 2.08 bits per heavy atom. The summed E-state index contributed by atoms with van der Waals surface area (Å²) >= 11 is 5.66. The molecule has 1 atom stereocenters. The van der Waals surface area contributed by atoms with Crippen LogP contribution < -0.4 is 4.90 Å². The zero-order chi connectivity index (χ0) is 17.3. The fraction of sp³-hybridized carbons (Fsp3) is 0.312. The first kappa shape index (κ1) is 16.4. The summed E-state index contributed by atoms with van der Waals surface area (Å²) in [5, 5.41) is 3.57. The highest BCUT2D eigenvalue weighted by Crippen LogP contribution is 2.32. The van der Waals surface area contributed by atoms with Gasteiger partial charge in [-0.15, -0.1) is 0 Å². The molecule has 0 bridgehead atoms. The van der Waals surface area contributed by atoms with Crippen LogP contribution in [0.2, 0.25) is 0 Å². The van der Waals surface area contributed by atoms with Gasteiger partial charge in [-0.2, -0.15) is 5.10 Å². The van der Waals surface area contributed by atoms with Crippen LogP contribution in [-0.2, 0) is 16.0 Å². The number of hydrogen-bond acceptors (Lipinski definition) is 4. The van der Waals surface area contributed by atoms with Gasteiger partial charge in [0, 0.05) is 13.0 Å². The first-order chi connectivity index (χ1) is 11.5. The average Bonchev–Trinajstić information content (AvgIpc) is 2.98. The van der Waals surface area contributed by atoms with E-state index in [-0.39, 0.29) is 19.0 Å². The Bertz CT molecular complexity index is 775. The predicted molar refractivity (Wildman–Crippen MR) is 85.9 cm³/mol. The molecular formula is C16H15ClFN3O3. The summed E-state index contributed by atoms with van der Waals surface area (Å²) in [7, 11) is 0. The minimum atomic E-state index is -0.691. The molecule has 0 N–H and O–H groups in total. The molecule has 6 nitrogen and oxygen atoms in total. The number of halogens is 2. The molecule has 1 aliphatic heterocycles. The smallest absolute Gasteiger partial charge is 0.320 e. The van der Waals surface area contributed by atoms with E-state index in [1.807, 2.05) is 0 Å². The Labute approximate surface area is 142 Å². The van der Waals surface area contributed by atoms with Gasteiger partial charge >= 0.3 is 11.3 Å². The molecule has 0 saturated heterocycles. The normalized spacial score (nSPS) is 16.6. The van der Waals surface area contributed by atoms with Gasteiger partial charge in [0.1, 0.15) is 5.82 Å². The van der Waals surface area contributed by atoms with Crippen molar-refractivity contribution in [2.45, 2.75) is 13.3 Å². The van der Waals surface area contributed by atoms with E-state index in [1.54, 1.807) is 23.7 Å². The summed E-state index contributed by atoms with van der Waals surface area (Å²) in [4.78, 5) is 25.1. The van der Waals surface area contributed by atoms with Crippen molar-refractivity contribution in [3.63, 3.8) is 0 Å². The third-order valence-electron chi connectivity index (χ3n) is 3.88. The van der Waals surface area contributed by atoms with Crippen LogP contribution in [0.3, 0.4) is 0 Å². The molecule has 0 fully saturated rings. The van der Waals surface area contributed by atoms with E-state index in [4.69, 9.17) is 16.3 Å². The highest BCUT2D eigenvalue weighted by atomic mass is 35.5. The number of nitrogens with zero attached hydrogens (tertiary/aromatic N) is 3. The summed E-state index contributed by atoms with van der Waals surface area (Å²) in [5.74, 6) is -1.28. The van der Waals surface area contributed by atoms with Crippen molar-refractivity contribution >= 4 is 28.6 Å². The van der Waals surface area contributed by atoms with E-state index in [2.05, 4.69) is 5.10 Å². The fourth-order valence-electron chi connectivity index (χ4n) is 2.79. The van der Waals surface area contributed by atoms with Crippen LogP contribution in [0.15, 0.2) is 30.5 Å². The molecule has 2 aromatic rings. The molecular weight excluding hydrogens is 337 g/mol. The minimum absolute atomic E-state index is 0.142. The number of anilines is 1. The largest absolute Gasteiger partial charge is 0.466 e. The number of amides is 1. The van der Waals surface area contributed by atoms with Gasteiger partial charge in [-0.05, 0) is 42.8 Å². The van der Waals surface area contributed by atoms with Crippen LogP contribution in [0.4, 0.5) is 14.9 Å². The minimum Gasteiger partial charge on any atom is -0.466 e. The number of hydrogen-bond donors (Lipinski definition) is 0. The third-order valence-corrected chi connectivity index (χ3v) is 4.09. The SMILES string of the molecule is CCOC(=O)C1Cc2c(cnn2-c2ccc(F)cc2)N(C(=O)Cl)C1. The molecule has 3 rings (SSSR count). The predicted octanol–water partition coefficient (Wildman–Crippen LogP) is 2.91. The number of benzene rings is 1. The van der Waals surface area contributed by atoms with Crippen LogP contribution >= 0.6 is 11.6 Å². The maximum absolute atomic E-state index is 13.1. The average molecular weight is 352 g/mol. The standard InChI is InChI=1S/C16H15ClFN3O3/c1-2-24-15(22)10-7-13-14(20(9-10)16(17)23)8-19-21(13)12-5-3-11(18)4-6-12/h3-6,8,10H,2,7,9H2,1H3. The van der Waals surface area contributed by atoms with Gasteiger partial charge in [0.05, 0.1) is 35.8 Å². The molecule has 1 amide bonds. The first-order valence-corrected chi connectivity index (χ1v) is 7.85. The topological polar surface area (TPSA) is 64.4 Å². The van der Waals surface area contributed by atoms with Gasteiger partial charge in [0.15, 0.2) is 0 Å². The van der Waals surface area contributed by atoms with Gasteiger partial charge in [0.25, 0.3) is 0 Å². The van der Waals surface area contributed by atoms with Crippen molar-refractivity contribution in [3.05, 3.63) is 42.0 Å². The molecule has 0 aliphatic carbocycles. The Hall–Kier alpha value is -2.41. The molecule has 1 unspecified atom stereocenters. The van der Waals surface area contributed by atoms with E-state index in [1.165, 1.54) is 23.2 Å². The van der Waals surface area contributed by atoms with Crippen molar-refractivity contribution in [1.29, 1.82) is 0 Å². The fourth-order valence-corrected chi connectivity index (χ4v) is 2.95. The zero-order valence-electron chi connectivity index (χ0n) is 12.9. The maximum Gasteiger partial charge on any atom is 0.320 e. The van der Waals surface area contributed by atoms with Gasteiger partial charge in [0.2, 0.25) is 0 Å². The summed E-state index contributed by atoms with van der Waals surface area (Å²) in [6.07, 6.45) is 1.87. The molecule has 1 aliphatic rings. The number of rotatable bonds is 3. The zero-order valence-corrected chi connectivity index (χ0v) is 13.7. The van der Waals surface area contributed by atoms with Crippen molar-refractivity contribution in [2.24, 2.45) is 5.92 Å². The monoisotopic (exact) mass is 351 g/mol. The molecule has 126 valence electrons. The Balaban J connectivity index is 2.01. The quantitative estimate of drug-likeness (QED) is 0.484. The lowest BCUT2D eigenvalue weighted by molar-refractivity contribution is -0.147. The van der Waals surface area contributed by atoms with E-state index in [9.17, 15) is 14.0 Å². The van der Waals surface area contributed by atoms with Crippen molar-refractivity contribution in [3.8, 4) is 5.69 Å². The highest BCUT2D eigenvalue weighted by molar-refractivity contribution is 6.66. The van der Waals surface area contributed by atoms with Crippen LogP contribution in [-0.4, -0.2) is 34.3 Å². The van der Waals surface area contributed by atoms with E-state index in [0.717, 1.165) is 0 Å². The lowest BCUT2D eigenvalue weighted by Gasteiger charge is -2.30. The summed E-state index contributed by atoms with van der Waals surface area (Å²) in [6.45, 7) is 2.12. The Morgan fingerprint density at radius 3 is 2.71 bits per heavy atom. The third kappa shape index (κ3) is 2.99. The van der Waals surface area contributed by atoms with Crippen molar-refractivity contribution in [2.75, 3.05) is 18.1 Å².